The molecular weight excluding hydrogens is 308 g/mol. The first-order valence-electron chi connectivity index (χ1n) is 7.99. The third-order valence-corrected chi connectivity index (χ3v) is 9.86. The minimum Gasteiger partial charge on any atom is -0.411 e. The first-order valence-corrected chi connectivity index (χ1v) is 12.1. The molecule has 1 aromatic carbocycles. The predicted molar refractivity (Wildman–Crippen MR) is 99.0 cm³/mol. The van der Waals surface area contributed by atoms with Crippen molar-refractivity contribution < 1.29 is 8.63 Å². The number of hydrogen-bond donors (Lipinski definition) is 0. The van der Waals surface area contributed by atoms with Gasteiger partial charge in [-0.3, -0.25) is 0 Å². The van der Waals surface area contributed by atoms with Crippen LogP contribution in [0.5, 0.6) is 0 Å². The summed E-state index contributed by atoms with van der Waals surface area (Å²) in [7, 11) is -2.91. The summed E-state index contributed by atoms with van der Waals surface area (Å²) in [5.41, 5.74) is 0. The monoisotopic (exact) mass is 338 g/mol. The molecule has 0 bridgehead atoms. The van der Waals surface area contributed by atoms with E-state index >= 15 is 0 Å². The van der Waals surface area contributed by atoms with E-state index in [-0.39, 0.29) is 11.1 Å². The lowest BCUT2D eigenvalue weighted by Gasteiger charge is -2.38. The van der Waals surface area contributed by atoms with Gasteiger partial charge in [-0.15, -0.1) is 0 Å². The highest BCUT2D eigenvalue weighted by atomic mass is 32.2. The normalized spacial score (nSPS) is 15.9. The lowest BCUT2D eigenvalue weighted by Crippen LogP contribution is -2.43. The number of hydrogen-bond acceptors (Lipinski definition) is 2. The van der Waals surface area contributed by atoms with Crippen molar-refractivity contribution in [3.63, 3.8) is 0 Å². The first-order chi connectivity index (χ1) is 10.2. The van der Waals surface area contributed by atoms with Gasteiger partial charge in [-0.1, -0.05) is 52.3 Å². The van der Waals surface area contributed by atoms with Gasteiger partial charge in [0, 0.05) is 10.3 Å². The standard InChI is InChI=1S/C18H30O2SSi/c1-7-11-16(20-22(5,6)18(2,3)4)14-15-21(19)17-12-9-8-10-13-17/h8-10,12-16H,7,11H2,1-6H3/b15-14+/t16-,21+/m0/s1. The van der Waals surface area contributed by atoms with E-state index in [2.05, 4.69) is 40.8 Å². The van der Waals surface area contributed by atoms with E-state index in [1.54, 1.807) is 5.41 Å². The molecule has 0 heterocycles. The smallest absolute Gasteiger partial charge is 0.192 e. The Morgan fingerprint density at radius 1 is 1.23 bits per heavy atom. The molecule has 124 valence electrons. The van der Waals surface area contributed by atoms with Crippen LogP contribution in [0.15, 0.2) is 46.7 Å². The Balaban J connectivity index is 2.80. The van der Waals surface area contributed by atoms with Crippen LogP contribution >= 0.6 is 0 Å². The zero-order chi connectivity index (χ0) is 16.8. The highest BCUT2D eigenvalue weighted by molar-refractivity contribution is 7.88. The lowest BCUT2D eigenvalue weighted by molar-refractivity contribution is 0.214. The molecule has 0 amide bonds. The van der Waals surface area contributed by atoms with Gasteiger partial charge in [0.1, 0.15) is 0 Å². The average Bonchev–Trinajstić information content (AvgIpc) is 2.44. The minimum atomic E-state index is -1.81. The zero-order valence-corrected chi connectivity index (χ0v) is 16.6. The fourth-order valence-corrected chi connectivity index (χ4v) is 4.03. The Kier molecular flexibility index (Phi) is 7.23. The quantitative estimate of drug-likeness (QED) is 0.614. The molecule has 22 heavy (non-hydrogen) atoms. The second-order valence-electron chi connectivity index (χ2n) is 7.14. The number of benzene rings is 1. The molecule has 1 aromatic rings. The molecule has 0 aliphatic rings. The summed E-state index contributed by atoms with van der Waals surface area (Å²) in [5.74, 6) is 0. The number of rotatable bonds is 7. The molecule has 0 saturated heterocycles. The molecule has 0 aliphatic heterocycles. The van der Waals surface area contributed by atoms with Gasteiger partial charge in [0.2, 0.25) is 0 Å². The summed E-state index contributed by atoms with van der Waals surface area (Å²) < 4.78 is 18.7. The van der Waals surface area contributed by atoms with Crippen LogP contribution in [-0.2, 0) is 15.2 Å². The predicted octanol–water partition coefficient (Wildman–Crippen LogP) is 5.50. The van der Waals surface area contributed by atoms with Crippen LogP contribution in [0, 0.1) is 0 Å². The molecule has 0 unspecified atom stereocenters. The van der Waals surface area contributed by atoms with Gasteiger partial charge in [-0.25, -0.2) is 4.21 Å². The average molecular weight is 339 g/mol. The molecule has 0 N–H and O–H groups in total. The van der Waals surface area contributed by atoms with E-state index in [1.165, 1.54) is 0 Å². The molecule has 1 rings (SSSR count). The molecule has 0 spiro atoms. The maximum Gasteiger partial charge on any atom is 0.192 e. The second-order valence-corrected chi connectivity index (χ2v) is 13.2. The Hall–Kier alpha value is -0.713. The van der Waals surface area contributed by atoms with Gasteiger partial charge in [-0.2, -0.15) is 0 Å². The Labute approximate surface area is 139 Å². The highest BCUT2D eigenvalue weighted by Crippen LogP contribution is 2.37. The molecule has 0 aromatic heterocycles. The van der Waals surface area contributed by atoms with Crippen LogP contribution in [0.3, 0.4) is 0 Å². The van der Waals surface area contributed by atoms with Crippen LogP contribution < -0.4 is 0 Å². The minimum absolute atomic E-state index is 0.0542. The van der Waals surface area contributed by atoms with Gasteiger partial charge < -0.3 is 4.43 Å². The largest absolute Gasteiger partial charge is 0.411 e. The maximum absolute atomic E-state index is 12.3. The van der Waals surface area contributed by atoms with E-state index in [1.807, 2.05) is 36.4 Å². The summed E-state index contributed by atoms with van der Waals surface area (Å²) in [4.78, 5) is 0.835. The zero-order valence-electron chi connectivity index (χ0n) is 14.8. The van der Waals surface area contributed by atoms with Crippen molar-refractivity contribution in [2.45, 2.75) is 69.7 Å². The van der Waals surface area contributed by atoms with E-state index < -0.39 is 19.1 Å². The van der Waals surface area contributed by atoms with Crippen molar-refractivity contribution in [1.82, 2.24) is 0 Å². The fraction of sp³-hybridized carbons (Fsp3) is 0.556. The summed E-state index contributed by atoms with van der Waals surface area (Å²) in [5, 5.41) is 1.97. The van der Waals surface area contributed by atoms with Crippen molar-refractivity contribution in [3.05, 3.63) is 41.8 Å². The third kappa shape index (κ3) is 5.82. The SMILES string of the molecule is CCC[C@@H](/C=C/[S@@](=O)c1ccccc1)O[Si](C)(C)C(C)(C)C. The van der Waals surface area contributed by atoms with Crippen molar-refractivity contribution >= 4 is 19.1 Å². The third-order valence-electron chi connectivity index (χ3n) is 4.22. The summed E-state index contributed by atoms with van der Waals surface area (Å²) in [6.45, 7) is 13.4. The van der Waals surface area contributed by atoms with E-state index in [9.17, 15) is 4.21 Å². The maximum atomic E-state index is 12.3. The van der Waals surface area contributed by atoms with Crippen LogP contribution in [0.1, 0.15) is 40.5 Å². The van der Waals surface area contributed by atoms with Crippen LogP contribution in [0.2, 0.25) is 18.1 Å². The van der Waals surface area contributed by atoms with Crippen LogP contribution in [0.4, 0.5) is 0 Å². The summed E-state index contributed by atoms with van der Waals surface area (Å²) >= 11 is 0. The van der Waals surface area contributed by atoms with Gasteiger partial charge >= 0.3 is 0 Å². The molecule has 2 nitrogen and oxygen atoms in total. The molecule has 4 heteroatoms. The van der Waals surface area contributed by atoms with Gasteiger partial charge in [0.15, 0.2) is 8.32 Å². The van der Waals surface area contributed by atoms with Crippen LogP contribution in [-0.4, -0.2) is 18.6 Å². The van der Waals surface area contributed by atoms with Gasteiger partial charge in [0.05, 0.1) is 16.9 Å². The Morgan fingerprint density at radius 3 is 2.32 bits per heavy atom. The first kappa shape index (κ1) is 19.3. The topological polar surface area (TPSA) is 26.3 Å². The van der Waals surface area contributed by atoms with Crippen molar-refractivity contribution in [1.29, 1.82) is 0 Å². The molecule has 2 atom stereocenters. The van der Waals surface area contributed by atoms with E-state index in [0.717, 1.165) is 17.7 Å². The van der Waals surface area contributed by atoms with E-state index in [4.69, 9.17) is 4.43 Å². The molecule has 0 saturated carbocycles. The molecule has 0 radical (unpaired) electrons. The fourth-order valence-electron chi connectivity index (χ4n) is 1.83. The molecule has 0 fully saturated rings. The van der Waals surface area contributed by atoms with Crippen molar-refractivity contribution in [2.75, 3.05) is 0 Å². The molecule has 0 aliphatic carbocycles. The Bertz CT molecular complexity index is 504. The second kappa shape index (κ2) is 8.23. The Morgan fingerprint density at radius 2 is 1.82 bits per heavy atom. The summed E-state index contributed by atoms with van der Waals surface area (Å²) in [6, 6.07) is 9.55. The van der Waals surface area contributed by atoms with Gasteiger partial charge in [-0.05, 0) is 42.8 Å². The highest BCUT2D eigenvalue weighted by Gasteiger charge is 2.38. The van der Waals surface area contributed by atoms with Crippen molar-refractivity contribution in [3.8, 4) is 0 Å². The van der Waals surface area contributed by atoms with Crippen molar-refractivity contribution in [2.24, 2.45) is 0 Å². The lowest BCUT2D eigenvalue weighted by atomic mass is 10.2. The summed E-state index contributed by atoms with van der Waals surface area (Å²) in [6.07, 6.45) is 4.07. The van der Waals surface area contributed by atoms with Crippen LogP contribution in [0.25, 0.3) is 0 Å². The molecular formula is C18H30O2SSi. The van der Waals surface area contributed by atoms with E-state index in [0.29, 0.717) is 0 Å². The van der Waals surface area contributed by atoms with Gasteiger partial charge in [0.25, 0.3) is 0 Å².